The van der Waals surface area contributed by atoms with Crippen molar-refractivity contribution in [1.29, 1.82) is 0 Å². The molecule has 2 atom stereocenters. The zero-order valence-corrected chi connectivity index (χ0v) is 34.7. The second-order valence-corrected chi connectivity index (χ2v) is 15.7. The fourth-order valence-electron chi connectivity index (χ4n) is 5.84. The van der Waals surface area contributed by atoms with Crippen molar-refractivity contribution in [3.63, 3.8) is 0 Å². The third-order valence-electron chi connectivity index (χ3n) is 9.03. The number of rotatable bonds is 41. The molecule has 52 heavy (non-hydrogen) atoms. The first kappa shape index (κ1) is 50.7. The molecule has 0 saturated heterocycles. The fourth-order valence-corrected chi connectivity index (χ4v) is 6.61. The fraction of sp³-hybridized carbons (Fsp3) is 0.837. The Balaban J connectivity index is 4.06. The van der Waals surface area contributed by atoms with Crippen LogP contribution in [0.1, 0.15) is 194 Å². The van der Waals surface area contributed by atoms with Gasteiger partial charge in [-0.1, -0.05) is 153 Å². The zero-order chi connectivity index (χ0) is 38.1. The summed E-state index contributed by atoms with van der Waals surface area (Å²) < 4.78 is 33.4. The molecule has 9 heteroatoms. The summed E-state index contributed by atoms with van der Waals surface area (Å²) >= 11 is 0. The first-order valence-electron chi connectivity index (χ1n) is 21.5. The highest BCUT2D eigenvalue weighted by Gasteiger charge is 2.25. The van der Waals surface area contributed by atoms with E-state index in [1.807, 2.05) is 0 Å². The first-order valence-corrected chi connectivity index (χ1v) is 23.0. The van der Waals surface area contributed by atoms with Crippen molar-refractivity contribution in [1.82, 2.24) is 0 Å². The number of phosphoric acid groups is 1. The minimum absolute atomic E-state index is 0.0977. The predicted molar refractivity (Wildman–Crippen MR) is 220 cm³/mol. The second kappa shape index (κ2) is 40.9. The Kier molecular flexibility index (Phi) is 39.9. The van der Waals surface area contributed by atoms with Crippen LogP contribution >= 0.6 is 7.82 Å². The maximum atomic E-state index is 12.6. The van der Waals surface area contributed by atoms with Gasteiger partial charge in [-0.2, -0.15) is 0 Å². The number of ether oxygens (including phenoxy) is 2. The number of allylic oxidation sites excluding steroid dienone is 6. The number of carbonyl (C=O) groups is 1. The summed E-state index contributed by atoms with van der Waals surface area (Å²) in [4.78, 5) is 22.5. The lowest BCUT2D eigenvalue weighted by Crippen LogP contribution is -2.28. The number of unbranched alkanes of at least 4 members (excludes halogenated alkanes) is 22. The van der Waals surface area contributed by atoms with E-state index in [1.54, 1.807) is 0 Å². The molecule has 2 unspecified atom stereocenters. The van der Waals surface area contributed by atoms with Gasteiger partial charge in [-0.3, -0.25) is 13.8 Å². The van der Waals surface area contributed by atoms with E-state index < -0.39 is 13.9 Å². The number of hydrogen-bond acceptors (Lipinski definition) is 7. The Morgan fingerprint density at radius 2 is 1.02 bits per heavy atom. The molecule has 0 radical (unpaired) electrons. The van der Waals surface area contributed by atoms with Gasteiger partial charge in [0.15, 0.2) is 0 Å². The molecular weight excluding hydrogens is 673 g/mol. The average Bonchev–Trinajstić information content (AvgIpc) is 3.13. The Morgan fingerprint density at radius 3 is 1.54 bits per heavy atom. The largest absolute Gasteiger partial charge is 0.472 e. The van der Waals surface area contributed by atoms with Crippen molar-refractivity contribution in [3.05, 3.63) is 36.5 Å². The number of esters is 1. The molecule has 0 saturated carbocycles. The molecule has 8 nitrogen and oxygen atoms in total. The van der Waals surface area contributed by atoms with Gasteiger partial charge in [0, 0.05) is 19.6 Å². The van der Waals surface area contributed by atoms with Crippen LogP contribution in [-0.4, -0.2) is 49.9 Å². The Labute approximate surface area is 320 Å². The van der Waals surface area contributed by atoms with Gasteiger partial charge in [0.2, 0.25) is 0 Å². The minimum atomic E-state index is -4.28. The van der Waals surface area contributed by atoms with E-state index >= 15 is 0 Å². The van der Waals surface area contributed by atoms with Crippen LogP contribution < -0.4 is 5.73 Å². The molecule has 0 fully saturated rings. The van der Waals surface area contributed by atoms with Crippen molar-refractivity contribution < 1.29 is 32.8 Å². The summed E-state index contributed by atoms with van der Waals surface area (Å²) in [5.74, 6) is -0.340. The molecule has 0 amide bonds. The van der Waals surface area contributed by atoms with Crippen molar-refractivity contribution in [2.75, 3.05) is 33.0 Å². The highest BCUT2D eigenvalue weighted by molar-refractivity contribution is 7.47. The molecule has 0 bridgehead atoms. The van der Waals surface area contributed by atoms with Crippen LogP contribution in [0.25, 0.3) is 0 Å². The number of hydrogen-bond donors (Lipinski definition) is 2. The third kappa shape index (κ3) is 39.9. The standard InChI is InChI=1S/C43H82NO7P/c1-3-5-7-9-11-13-15-17-19-20-21-22-24-26-28-30-32-34-36-43(45)51-42(41-50-52(46,47)49-39-37-44)40-48-38-35-33-31-29-27-25-23-18-16-14-12-10-8-6-4-2/h13,15-16,18-20,42H,3-12,14,17,21-41,44H2,1-2H3,(H,46,47)/b15-13-,18-16-,20-19-. The summed E-state index contributed by atoms with van der Waals surface area (Å²) in [6.45, 7) is 4.88. The lowest BCUT2D eigenvalue weighted by Gasteiger charge is -2.20. The molecule has 0 aromatic carbocycles. The molecule has 0 aliphatic heterocycles. The quantitative estimate of drug-likeness (QED) is 0.0274. The van der Waals surface area contributed by atoms with Crippen LogP contribution in [0, 0.1) is 0 Å². The van der Waals surface area contributed by atoms with Gasteiger partial charge in [-0.25, -0.2) is 4.57 Å². The molecule has 0 rings (SSSR count). The van der Waals surface area contributed by atoms with Gasteiger partial charge in [0.05, 0.1) is 19.8 Å². The molecule has 306 valence electrons. The minimum Gasteiger partial charge on any atom is -0.457 e. The monoisotopic (exact) mass is 756 g/mol. The van der Waals surface area contributed by atoms with E-state index in [-0.39, 0.29) is 32.3 Å². The topological polar surface area (TPSA) is 117 Å². The second-order valence-electron chi connectivity index (χ2n) is 14.2. The maximum absolute atomic E-state index is 12.6. The van der Waals surface area contributed by atoms with E-state index in [2.05, 4.69) is 50.3 Å². The van der Waals surface area contributed by atoms with Crippen LogP contribution in [-0.2, 0) is 27.9 Å². The van der Waals surface area contributed by atoms with Crippen LogP contribution in [0.3, 0.4) is 0 Å². The number of phosphoric ester groups is 1. The van der Waals surface area contributed by atoms with Crippen LogP contribution in [0.2, 0.25) is 0 Å². The molecule has 0 heterocycles. The van der Waals surface area contributed by atoms with Crippen molar-refractivity contribution in [3.8, 4) is 0 Å². The molecule has 0 spiro atoms. The van der Waals surface area contributed by atoms with Gasteiger partial charge in [-0.15, -0.1) is 0 Å². The predicted octanol–water partition coefficient (Wildman–Crippen LogP) is 12.6. The lowest BCUT2D eigenvalue weighted by molar-refractivity contribution is -0.154. The molecule has 0 aromatic rings. The summed E-state index contributed by atoms with van der Waals surface area (Å²) in [6, 6.07) is 0. The maximum Gasteiger partial charge on any atom is 0.472 e. The van der Waals surface area contributed by atoms with E-state index in [0.717, 1.165) is 44.9 Å². The first-order chi connectivity index (χ1) is 25.4. The van der Waals surface area contributed by atoms with Gasteiger partial charge in [0.1, 0.15) is 6.10 Å². The molecule has 0 aliphatic carbocycles. The molecule has 0 aromatic heterocycles. The lowest BCUT2D eigenvalue weighted by atomic mass is 10.1. The van der Waals surface area contributed by atoms with Crippen molar-refractivity contribution in [2.45, 2.75) is 200 Å². The van der Waals surface area contributed by atoms with Gasteiger partial charge in [-0.05, 0) is 70.6 Å². The van der Waals surface area contributed by atoms with Gasteiger partial charge in [0.25, 0.3) is 0 Å². The normalized spacial score (nSPS) is 13.8. The molecule has 0 aliphatic rings. The Morgan fingerprint density at radius 1 is 0.577 bits per heavy atom. The zero-order valence-electron chi connectivity index (χ0n) is 33.8. The van der Waals surface area contributed by atoms with Crippen LogP contribution in [0.5, 0.6) is 0 Å². The van der Waals surface area contributed by atoms with Crippen molar-refractivity contribution in [2.24, 2.45) is 5.73 Å². The molecule has 3 N–H and O–H groups in total. The smallest absolute Gasteiger partial charge is 0.457 e. The summed E-state index contributed by atoms with van der Waals surface area (Å²) in [5.41, 5.74) is 5.36. The SMILES string of the molecule is CCCCCC/C=C\C/C=C\CCCCCCCCCC(=O)OC(COCCCCCCCC/C=C\CCCCCCC)COP(=O)(O)OCCN. The summed E-state index contributed by atoms with van der Waals surface area (Å²) in [6.07, 6.45) is 45.8. The van der Waals surface area contributed by atoms with E-state index in [4.69, 9.17) is 24.3 Å². The number of carbonyl (C=O) groups excluding carboxylic acids is 1. The van der Waals surface area contributed by atoms with Gasteiger partial charge >= 0.3 is 13.8 Å². The number of nitrogens with two attached hydrogens (primary N) is 1. The van der Waals surface area contributed by atoms with E-state index in [9.17, 15) is 14.3 Å². The third-order valence-corrected chi connectivity index (χ3v) is 10.0. The Hall–Kier alpha value is -1.28. The Bertz CT molecular complexity index is 895. The van der Waals surface area contributed by atoms with Gasteiger partial charge < -0.3 is 20.1 Å². The summed E-state index contributed by atoms with van der Waals surface area (Å²) in [7, 11) is -4.28. The van der Waals surface area contributed by atoms with E-state index in [0.29, 0.717) is 13.0 Å². The highest BCUT2D eigenvalue weighted by atomic mass is 31.2. The highest BCUT2D eigenvalue weighted by Crippen LogP contribution is 2.43. The van der Waals surface area contributed by atoms with E-state index in [1.165, 1.54) is 128 Å². The van der Waals surface area contributed by atoms with Crippen LogP contribution in [0.15, 0.2) is 36.5 Å². The average molecular weight is 756 g/mol. The molecular formula is C43H82NO7P. The summed E-state index contributed by atoms with van der Waals surface area (Å²) in [5, 5.41) is 0. The van der Waals surface area contributed by atoms with Crippen LogP contribution in [0.4, 0.5) is 0 Å². The van der Waals surface area contributed by atoms with Crippen molar-refractivity contribution >= 4 is 13.8 Å².